The second-order valence-corrected chi connectivity index (χ2v) is 33.0. The number of carbonyl (C=O) groups excluding carboxylic acids is 5. The summed E-state index contributed by atoms with van der Waals surface area (Å²) in [4.78, 5) is 63.5. The molecule has 56 heteroatoms. The minimum Gasteiger partial charge on any atom is -0.410 e. The first-order valence-corrected chi connectivity index (χ1v) is 41.4. The molecule has 746 valence electrons. The fourth-order valence-electron chi connectivity index (χ4n) is 16.9. The molecule has 0 radical (unpaired) electrons. The smallest absolute Gasteiger partial charge is 0.332 e. The molecule has 0 spiro atoms. The van der Waals surface area contributed by atoms with E-state index in [1.165, 1.54) is 13.8 Å². The van der Waals surface area contributed by atoms with Gasteiger partial charge in [-0.2, -0.15) is 0 Å². The number of carbonyl (C=O) groups is 5. The van der Waals surface area contributed by atoms with Gasteiger partial charge in [0.05, 0.1) is 96.8 Å². The van der Waals surface area contributed by atoms with E-state index in [0.29, 0.717) is 0 Å². The van der Waals surface area contributed by atoms with Crippen LogP contribution in [0.1, 0.15) is 48.0 Å². The standard InChI is InChI=1S/C73H122N4O52/c1-19-25(91)7-73(112-18-86,129-57(19)40(93)26(92)8-78)111-17-35-44(97)51(104)55(108)69(121-35)124-60-32(14-84)118-66(38(48(60)101)76-23(5)89)127-63-52(105)42(95)28(10-80)115-71(63)110-16-34-45(98)62(56(109)70(120-34)125-61-33(15-85)117-65(37(47(61)100)75-22(4)88)122-58-30(12-82)113-20(2)36(46(58)99)74-21(3)87)126-72-64(53(106)43(96)29(11-81)116-72)128-67-39(77-24(6)90)49(102)59(31(13-83)119-67)123-68-54(107)50(103)41(94)27(9-79)114-68/h18-20,25-72,78-85,91-109H,7-17H2,1-6H3,(H,74,87)(H,75,88)(H,76,89)(H,77,90)/t19-,20+,25-,26?,27?,28?,29-,30?,31?,32?,33?,34?,35?,36?,37?,38?,39?,40-,41+,42-,43-,44+,45-,46-,47-,48?,49-,50?,51+,52+,53?,54+,55?,56?,57?,58-,59-,60-,61-,62+,63?,64?,65+,66+,67+,68+,69+,70+,71+,72-,73+/m1/s1. The topological polar surface area (TPSA) is 864 Å². The Balaban J connectivity index is 0.954. The van der Waals surface area contributed by atoms with Crippen molar-refractivity contribution >= 4 is 30.1 Å². The lowest BCUT2D eigenvalue weighted by Gasteiger charge is -2.51. The highest BCUT2D eigenvalue weighted by Gasteiger charge is 2.62. The summed E-state index contributed by atoms with van der Waals surface area (Å²) in [5, 5.41) is 312. The molecule has 0 aromatic carbocycles. The Kier molecular flexibility index (Phi) is 38.5. The average molecular weight is 1890 g/mol. The fourth-order valence-corrected chi connectivity index (χ4v) is 16.9. The first-order valence-electron chi connectivity index (χ1n) is 41.4. The van der Waals surface area contributed by atoms with Crippen LogP contribution in [0.4, 0.5) is 0 Å². The summed E-state index contributed by atoms with van der Waals surface area (Å²) in [6.45, 7) is -4.52. The summed E-state index contributed by atoms with van der Waals surface area (Å²) in [5.41, 5.74) is 0. The van der Waals surface area contributed by atoms with Crippen LogP contribution in [0.25, 0.3) is 0 Å². The normalized spacial score (nSPS) is 48.1. The Morgan fingerprint density at radius 3 is 1.07 bits per heavy atom. The number of ether oxygens (including phenoxy) is 20. The second kappa shape index (κ2) is 46.6. The van der Waals surface area contributed by atoms with E-state index in [1.54, 1.807) is 0 Å². The van der Waals surface area contributed by atoms with Crippen LogP contribution in [-0.4, -0.2) is 540 Å². The Labute approximate surface area is 732 Å². The van der Waals surface area contributed by atoms with Crippen LogP contribution >= 0.6 is 0 Å². The van der Waals surface area contributed by atoms with Gasteiger partial charge in [0.15, 0.2) is 50.3 Å². The van der Waals surface area contributed by atoms with Gasteiger partial charge >= 0.3 is 5.97 Å². The third-order valence-electron chi connectivity index (χ3n) is 24.0. The molecule has 10 rings (SSSR count). The number of nitrogens with one attached hydrogen (secondary N) is 4. The second-order valence-electron chi connectivity index (χ2n) is 33.0. The number of aliphatic hydroxyl groups excluding tert-OH is 27. The van der Waals surface area contributed by atoms with E-state index in [4.69, 9.17) is 94.7 Å². The van der Waals surface area contributed by atoms with Crippen molar-refractivity contribution in [3.63, 3.8) is 0 Å². The summed E-state index contributed by atoms with van der Waals surface area (Å²) in [6.07, 6.45) is -93.9. The molecule has 31 N–H and O–H groups in total. The van der Waals surface area contributed by atoms with Crippen molar-refractivity contribution in [2.75, 3.05) is 66.1 Å². The largest absolute Gasteiger partial charge is 0.410 e. The summed E-state index contributed by atoms with van der Waals surface area (Å²) >= 11 is 0. The van der Waals surface area contributed by atoms with Crippen LogP contribution in [0, 0.1) is 5.92 Å². The molecule has 10 aliphatic rings. The van der Waals surface area contributed by atoms with Gasteiger partial charge in [-0.25, -0.2) is 0 Å². The Morgan fingerprint density at radius 1 is 0.349 bits per heavy atom. The number of hydrogen-bond acceptors (Lipinski definition) is 52. The maximum Gasteiger partial charge on any atom is 0.332 e. The van der Waals surface area contributed by atoms with Crippen molar-refractivity contribution in [1.29, 1.82) is 0 Å². The van der Waals surface area contributed by atoms with Gasteiger partial charge < -0.3 is 254 Å². The molecule has 10 aliphatic heterocycles. The van der Waals surface area contributed by atoms with Crippen molar-refractivity contribution in [3.8, 4) is 0 Å². The zero-order valence-corrected chi connectivity index (χ0v) is 70.0. The van der Waals surface area contributed by atoms with Crippen molar-refractivity contribution in [2.24, 2.45) is 5.92 Å². The van der Waals surface area contributed by atoms with Gasteiger partial charge in [-0.05, 0) is 6.92 Å². The predicted octanol–water partition coefficient (Wildman–Crippen LogP) is -20.6. The molecule has 56 nitrogen and oxygen atoms in total. The predicted molar refractivity (Wildman–Crippen MR) is 399 cm³/mol. The average Bonchev–Trinajstić information content (AvgIpc) is 0.804. The summed E-state index contributed by atoms with van der Waals surface area (Å²) < 4.78 is 119. The third kappa shape index (κ3) is 23.9. The maximum absolute atomic E-state index is 13.2. The first-order chi connectivity index (χ1) is 61.0. The van der Waals surface area contributed by atoms with Crippen molar-refractivity contribution in [2.45, 2.75) is 354 Å². The molecule has 0 aliphatic carbocycles. The van der Waals surface area contributed by atoms with Gasteiger partial charge in [-0.3, -0.25) is 24.0 Å². The van der Waals surface area contributed by atoms with E-state index >= 15 is 0 Å². The molecule has 0 aromatic rings. The molecule has 129 heavy (non-hydrogen) atoms. The molecular weight excluding hydrogens is 1760 g/mol. The number of hydrogen-bond donors (Lipinski definition) is 31. The lowest BCUT2D eigenvalue weighted by Crippen LogP contribution is -2.71. The maximum atomic E-state index is 13.2. The highest BCUT2D eigenvalue weighted by molar-refractivity contribution is 5.74. The van der Waals surface area contributed by atoms with Gasteiger partial charge in [0.25, 0.3) is 6.47 Å². The SMILES string of the molecule is CC(=O)NC1C(O)[C@H](O[C@@H]2OC(CO[C@]3(OC=O)C[C@@H](O)[C@@H](C)C([C@H](O)C(O)CO)O3)[C@H](O)[C@H](O)C2O)C(CO)O[C@H]1OC1[C@@H](OCC2O[C@@H](O[C@@H]3C(CO)O[C@@H](O[C@@H]4C(CO)O[C@@H](C)C(NC(C)=O)[C@H]4O)C(NC(C)=O)[C@H]3O)C(O)[C@@H](O[C@H]3O[C@H](CO)[C@@H](O)C(O)C3O[C@@H]3OC(CO)[C@@H](O[C@@H]4OC(CO)[C@H](O)C(O)[C@@H]4O)[C@H](O)C3NC(C)=O)[C@@H]2O)OC(CO)[C@@H](O)[C@@H]1O. The van der Waals surface area contributed by atoms with Crippen LogP contribution in [0.3, 0.4) is 0 Å². The zero-order valence-electron chi connectivity index (χ0n) is 70.0. The van der Waals surface area contributed by atoms with Gasteiger partial charge in [-0.15, -0.1) is 0 Å². The van der Waals surface area contributed by atoms with E-state index in [9.17, 15) is 162 Å². The zero-order chi connectivity index (χ0) is 95.1. The molecule has 0 aromatic heterocycles. The first kappa shape index (κ1) is 107. The number of rotatable bonds is 36. The van der Waals surface area contributed by atoms with Crippen LogP contribution in [-0.2, 0) is 119 Å². The molecule has 10 fully saturated rings. The van der Waals surface area contributed by atoms with E-state index in [1.807, 2.05) is 0 Å². The lowest BCUT2D eigenvalue weighted by molar-refractivity contribution is -0.424. The van der Waals surface area contributed by atoms with Crippen LogP contribution < -0.4 is 21.3 Å². The minimum atomic E-state index is -2.66. The highest BCUT2D eigenvalue weighted by atomic mass is 16.9. The van der Waals surface area contributed by atoms with Gasteiger partial charge in [-0.1, -0.05) is 6.92 Å². The summed E-state index contributed by atoms with van der Waals surface area (Å²) in [6, 6.07) is -7.13. The van der Waals surface area contributed by atoms with E-state index in [0.717, 1.165) is 27.7 Å². The van der Waals surface area contributed by atoms with Gasteiger partial charge in [0.1, 0.15) is 226 Å². The van der Waals surface area contributed by atoms with E-state index in [2.05, 4.69) is 21.3 Å². The lowest BCUT2D eigenvalue weighted by atomic mass is 9.87. The number of amides is 4. The van der Waals surface area contributed by atoms with Crippen LogP contribution in [0.5, 0.6) is 0 Å². The monoisotopic (exact) mass is 1890 g/mol. The van der Waals surface area contributed by atoms with Crippen LogP contribution in [0.15, 0.2) is 0 Å². The van der Waals surface area contributed by atoms with Crippen molar-refractivity contribution in [1.82, 2.24) is 21.3 Å². The fraction of sp³-hybridized carbons (Fsp3) is 0.932. The molecule has 10 saturated heterocycles. The minimum absolute atomic E-state index is 0.192. The molecule has 0 bridgehead atoms. The van der Waals surface area contributed by atoms with Crippen molar-refractivity contribution in [3.05, 3.63) is 0 Å². The van der Waals surface area contributed by atoms with Gasteiger partial charge in [0.2, 0.25) is 23.6 Å². The summed E-state index contributed by atoms with van der Waals surface area (Å²) in [7, 11) is 0. The highest BCUT2D eigenvalue weighted by Crippen LogP contribution is 2.43. The van der Waals surface area contributed by atoms with Crippen molar-refractivity contribution < 1.29 is 257 Å². The van der Waals surface area contributed by atoms with E-state index in [-0.39, 0.29) is 6.47 Å². The quantitative estimate of drug-likeness (QED) is 0.0205. The van der Waals surface area contributed by atoms with E-state index < -0.39 is 408 Å². The molecule has 0 saturated carbocycles. The molecule has 51 atom stereocenters. The Bertz CT molecular complexity index is 3520. The molecule has 10 heterocycles. The third-order valence-corrected chi connectivity index (χ3v) is 24.0. The molecule has 4 amide bonds. The number of aliphatic hydroxyl groups is 27. The Hall–Kier alpha value is -4.49. The molecule has 21 unspecified atom stereocenters. The summed E-state index contributed by atoms with van der Waals surface area (Å²) in [5.74, 6) is -7.25. The van der Waals surface area contributed by atoms with Gasteiger partial charge in [0, 0.05) is 33.6 Å². The molecular formula is C73H122N4O52. The van der Waals surface area contributed by atoms with Crippen LogP contribution in [0.2, 0.25) is 0 Å². The Morgan fingerprint density at radius 2 is 0.667 bits per heavy atom.